The Morgan fingerprint density at radius 1 is 1.33 bits per heavy atom. The lowest BCUT2D eigenvalue weighted by Crippen LogP contribution is -2.52. The summed E-state index contributed by atoms with van der Waals surface area (Å²) in [5, 5.41) is 17.7. The van der Waals surface area contributed by atoms with E-state index < -0.39 is 35.2 Å². The molecule has 1 unspecified atom stereocenters. The van der Waals surface area contributed by atoms with Crippen LogP contribution in [0.25, 0.3) is 0 Å². The number of hydrogen-bond donors (Lipinski definition) is 3. The van der Waals surface area contributed by atoms with Crippen molar-refractivity contribution in [2.75, 3.05) is 5.75 Å². The van der Waals surface area contributed by atoms with E-state index in [0.717, 1.165) is 0 Å². The van der Waals surface area contributed by atoms with E-state index in [1.807, 2.05) is 5.38 Å². The van der Waals surface area contributed by atoms with Gasteiger partial charge in [0.1, 0.15) is 32.9 Å². The minimum Gasteiger partial charge on any atom is -0.480 e. The average molecular weight is 457 g/mol. The number of carboxylic acids is 1. The van der Waals surface area contributed by atoms with E-state index in [2.05, 4.69) is 20.6 Å². The standard InChI is InChI=1S/C19H28N4O5S2/c1-10(2)13(15(24)25)22-16(26)19(6)9-30-14(23-19)11-8-29-12(21-11)7-20-17(27)28-18(3,4)5/h8,10,13H,7,9H2,1-6H3,(H,20,27)(H,22,26)(H,24,25)/t13?,19-/m1/s1. The Balaban J connectivity index is 2.02. The van der Waals surface area contributed by atoms with Crippen LogP contribution >= 0.6 is 23.1 Å². The Hall–Kier alpha value is -2.14. The highest BCUT2D eigenvalue weighted by atomic mass is 32.2. The summed E-state index contributed by atoms with van der Waals surface area (Å²) in [6.07, 6.45) is -0.519. The Labute approximate surface area is 184 Å². The van der Waals surface area contributed by atoms with Crippen LogP contribution in [0.2, 0.25) is 0 Å². The zero-order chi connectivity index (χ0) is 22.7. The minimum atomic E-state index is -1.07. The van der Waals surface area contributed by atoms with Crippen LogP contribution in [-0.4, -0.2) is 56.0 Å². The molecule has 2 rings (SSSR count). The van der Waals surface area contributed by atoms with Gasteiger partial charge in [0.2, 0.25) is 5.91 Å². The number of amides is 2. The molecule has 1 aromatic rings. The number of rotatable bonds is 7. The highest BCUT2D eigenvalue weighted by Crippen LogP contribution is 2.32. The van der Waals surface area contributed by atoms with Crippen LogP contribution in [0.5, 0.6) is 0 Å². The first-order valence-electron chi connectivity index (χ1n) is 9.49. The van der Waals surface area contributed by atoms with Gasteiger partial charge in [-0.2, -0.15) is 0 Å². The molecule has 30 heavy (non-hydrogen) atoms. The molecule has 2 atom stereocenters. The fourth-order valence-corrected chi connectivity index (χ4v) is 4.43. The van der Waals surface area contributed by atoms with Gasteiger partial charge in [-0.25, -0.2) is 14.6 Å². The van der Waals surface area contributed by atoms with Gasteiger partial charge < -0.3 is 20.5 Å². The van der Waals surface area contributed by atoms with Crippen LogP contribution in [0.3, 0.4) is 0 Å². The number of carbonyl (C=O) groups is 3. The second-order valence-corrected chi connectivity index (χ2v) is 10.4. The van der Waals surface area contributed by atoms with Crippen molar-refractivity contribution in [3.63, 3.8) is 0 Å². The third-order valence-electron chi connectivity index (χ3n) is 4.10. The van der Waals surface area contributed by atoms with Gasteiger partial charge >= 0.3 is 12.1 Å². The van der Waals surface area contributed by atoms with E-state index in [1.54, 1.807) is 41.5 Å². The second kappa shape index (κ2) is 9.34. The number of thiazole rings is 1. The van der Waals surface area contributed by atoms with Crippen LogP contribution in [0.15, 0.2) is 10.4 Å². The minimum absolute atomic E-state index is 0.226. The molecule has 0 saturated carbocycles. The summed E-state index contributed by atoms with van der Waals surface area (Å²) in [6.45, 7) is 10.7. The normalized spacial score (nSPS) is 19.9. The number of nitrogens with one attached hydrogen (secondary N) is 2. The van der Waals surface area contributed by atoms with Crippen molar-refractivity contribution in [3.8, 4) is 0 Å². The van der Waals surface area contributed by atoms with Crippen molar-refractivity contribution in [2.24, 2.45) is 10.9 Å². The molecule has 9 nitrogen and oxygen atoms in total. The van der Waals surface area contributed by atoms with Crippen LogP contribution < -0.4 is 10.6 Å². The molecule has 1 aliphatic rings. The fourth-order valence-electron chi connectivity index (χ4n) is 2.51. The maximum atomic E-state index is 12.7. The van der Waals surface area contributed by atoms with Gasteiger partial charge in [0.25, 0.3) is 0 Å². The molecule has 166 valence electrons. The van der Waals surface area contributed by atoms with Gasteiger partial charge in [0, 0.05) is 11.1 Å². The number of carbonyl (C=O) groups excluding carboxylic acids is 2. The van der Waals surface area contributed by atoms with Crippen molar-refractivity contribution in [1.82, 2.24) is 15.6 Å². The van der Waals surface area contributed by atoms with Crippen LogP contribution in [0, 0.1) is 5.92 Å². The summed E-state index contributed by atoms with van der Waals surface area (Å²) < 4.78 is 5.20. The zero-order valence-corrected chi connectivity index (χ0v) is 19.6. The van der Waals surface area contributed by atoms with Gasteiger partial charge in [-0.15, -0.1) is 23.1 Å². The lowest BCUT2D eigenvalue weighted by molar-refractivity contribution is -0.143. The largest absolute Gasteiger partial charge is 0.480 e. The number of nitrogens with zero attached hydrogens (tertiary/aromatic N) is 2. The summed E-state index contributed by atoms with van der Waals surface area (Å²) in [7, 11) is 0. The quantitative estimate of drug-likeness (QED) is 0.575. The van der Waals surface area contributed by atoms with Crippen LogP contribution in [-0.2, 0) is 20.9 Å². The summed E-state index contributed by atoms with van der Waals surface area (Å²) in [6, 6.07) is -0.969. The highest BCUT2D eigenvalue weighted by Gasteiger charge is 2.41. The SMILES string of the molecule is CC(C)C(NC(=O)[C@@]1(C)CSC(c2csc(CNC(=O)OC(C)(C)C)n2)=N1)C(=O)O. The fraction of sp³-hybridized carbons (Fsp3) is 0.632. The van der Waals surface area contributed by atoms with Crippen LogP contribution in [0.1, 0.15) is 52.2 Å². The van der Waals surface area contributed by atoms with Gasteiger partial charge in [-0.05, 0) is 33.6 Å². The molecular formula is C19H28N4O5S2. The molecular weight excluding hydrogens is 428 g/mol. The first-order valence-corrected chi connectivity index (χ1v) is 11.4. The van der Waals surface area contributed by atoms with E-state index in [1.165, 1.54) is 23.1 Å². The molecule has 3 N–H and O–H groups in total. The number of ether oxygens (including phenoxy) is 1. The number of hydrogen-bond acceptors (Lipinski definition) is 8. The Kier molecular flexibility index (Phi) is 7.51. The number of carboxylic acid groups (broad SMARTS) is 1. The molecule has 11 heteroatoms. The highest BCUT2D eigenvalue weighted by molar-refractivity contribution is 8.14. The molecule has 2 amide bonds. The summed E-state index contributed by atoms with van der Waals surface area (Å²) in [4.78, 5) is 44.8. The van der Waals surface area contributed by atoms with Gasteiger partial charge in [-0.3, -0.25) is 9.79 Å². The molecule has 1 aromatic heterocycles. The van der Waals surface area contributed by atoms with Crippen molar-refractivity contribution in [1.29, 1.82) is 0 Å². The molecule has 1 aliphatic heterocycles. The first kappa shape index (κ1) is 24.1. The number of aliphatic imine (C=N–C) groups is 1. The number of alkyl carbamates (subject to hydrolysis) is 1. The van der Waals surface area contributed by atoms with Crippen LogP contribution in [0.4, 0.5) is 4.79 Å². The Morgan fingerprint density at radius 3 is 2.57 bits per heavy atom. The maximum Gasteiger partial charge on any atom is 0.408 e. The summed E-state index contributed by atoms with van der Waals surface area (Å²) in [5.41, 5.74) is -1.02. The lowest BCUT2D eigenvalue weighted by atomic mass is 10.0. The predicted octanol–water partition coefficient (Wildman–Crippen LogP) is 2.65. The van der Waals surface area contributed by atoms with E-state index in [-0.39, 0.29) is 12.5 Å². The third kappa shape index (κ3) is 6.43. The number of thioether (sulfide) groups is 1. The van der Waals surface area contributed by atoms with E-state index in [9.17, 15) is 19.5 Å². The third-order valence-corrected chi connectivity index (χ3v) is 6.23. The molecule has 0 saturated heterocycles. The molecule has 0 aliphatic carbocycles. The smallest absolute Gasteiger partial charge is 0.408 e. The monoisotopic (exact) mass is 456 g/mol. The average Bonchev–Trinajstić information content (AvgIpc) is 3.23. The van der Waals surface area contributed by atoms with Gasteiger partial charge in [0.15, 0.2) is 0 Å². The zero-order valence-electron chi connectivity index (χ0n) is 17.9. The van der Waals surface area contributed by atoms with Crippen molar-refractivity contribution >= 4 is 46.1 Å². The predicted molar refractivity (Wildman–Crippen MR) is 117 cm³/mol. The molecule has 2 heterocycles. The molecule has 0 spiro atoms. The summed E-state index contributed by atoms with van der Waals surface area (Å²) >= 11 is 2.76. The van der Waals surface area contributed by atoms with Crippen molar-refractivity contribution < 1.29 is 24.2 Å². The molecule has 0 aromatic carbocycles. The molecule has 0 fully saturated rings. The maximum absolute atomic E-state index is 12.7. The topological polar surface area (TPSA) is 130 Å². The van der Waals surface area contributed by atoms with Crippen molar-refractivity contribution in [3.05, 3.63) is 16.1 Å². The number of aliphatic carboxylic acids is 1. The Morgan fingerprint density at radius 2 is 2.00 bits per heavy atom. The lowest BCUT2D eigenvalue weighted by Gasteiger charge is -2.24. The summed E-state index contributed by atoms with van der Waals surface area (Å²) in [5.74, 6) is -1.35. The number of aromatic nitrogens is 1. The van der Waals surface area contributed by atoms with E-state index in [4.69, 9.17) is 4.74 Å². The van der Waals surface area contributed by atoms with Gasteiger partial charge in [-0.1, -0.05) is 13.8 Å². The van der Waals surface area contributed by atoms with Crippen molar-refractivity contribution in [2.45, 2.75) is 65.3 Å². The molecule has 0 bridgehead atoms. The second-order valence-electron chi connectivity index (χ2n) is 8.49. The first-order chi connectivity index (χ1) is 13.8. The molecule has 0 radical (unpaired) electrons. The van der Waals surface area contributed by atoms with E-state index in [0.29, 0.717) is 21.5 Å². The van der Waals surface area contributed by atoms with Gasteiger partial charge in [0.05, 0.1) is 6.54 Å². The Bertz CT molecular complexity index is 846. The van der Waals surface area contributed by atoms with E-state index >= 15 is 0 Å².